The number of carbonyl (C=O) groups excluding carboxylic acids is 1. The van der Waals surface area contributed by atoms with Gasteiger partial charge in [-0.25, -0.2) is 0 Å². The summed E-state index contributed by atoms with van der Waals surface area (Å²) in [5.74, 6) is 2.36. The molecule has 1 saturated carbocycles. The Morgan fingerprint density at radius 1 is 1.55 bits per heavy atom. The van der Waals surface area contributed by atoms with Crippen LogP contribution in [0.3, 0.4) is 0 Å². The third-order valence-electron chi connectivity index (χ3n) is 5.08. The molecule has 2 saturated heterocycles. The first-order valence-corrected chi connectivity index (χ1v) is 9.07. The summed E-state index contributed by atoms with van der Waals surface area (Å²) in [6, 6.07) is 3.99. The van der Waals surface area contributed by atoms with Gasteiger partial charge in [0.05, 0.1) is 17.5 Å². The summed E-state index contributed by atoms with van der Waals surface area (Å²) in [7, 11) is 0. The molecule has 1 amide bonds. The van der Waals surface area contributed by atoms with Gasteiger partial charge >= 0.3 is 0 Å². The van der Waals surface area contributed by atoms with E-state index in [4.69, 9.17) is 4.74 Å². The molecule has 4 rings (SSSR count). The van der Waals surface area contributed by atoms with Crippen LogP contribution in [-0.4, -0.2) is 45.5 Å². The summed E-state index contributed by atoms with van der Waals surface area (Å²) in [5, 5.41) is 0. The number of thioether (sulfide) groups is 1. The average molecular weight is 318 g/mol. The molecule has 1 aromatic heterocycles. The number of rotatable bonds is 4. The van der Waals surface area contributed by atoms with E-state index in [0.717, 1.165) is 37.2 Å². The lowest BCUT2D eigenvalue weighted by Crippen LogP contribution is -2.61. The molecule has 3 atom stereocenters. The zero-order chi connectivity index (χ0) is 15.2. The fourth-order valence-electron chi connectivity index (χ4n) is 3.53. The van der Waals surface area contributed by atoms with Crippen LogP contribution in [0.15, 0.2) is 24.5 Å². The average Bonchev–Trinajstić information content (AvgIpc) is 3.08. The van der Waals surface area contributed by atoms with Crippen LogP contribution in [0.25, 0.3) is 0 Å². The van der Waals surface area contributed by atoms with Crippen LogP contribution in [0, 0.1) is 11.8 Å². The van der Waals surface area contributed by atoms with E-state index in [2.05, 4.69) is 16.8 Å². The molecule has 3 fully saturated rings. The van der Waals surface area contributed by atoms with Crippen LogP contribution >= 0.6 is 11.8 Å². The number of likely N-dealkylation sites (tertiary alicyclic amines) is 1. The lowest BCUT2D eigenvalue weighted by Gasteiger charge is -2.47. The molecule has 4 nitrogen and oxygen atoms in total. The Bertz CT molecular complexity index is 559. The van der Waals surface area contributed by atoms with E-state index in [0.29, 0.717) is 30.5 Å². The third kappa shape index (κ3) is 2.76. The summed E-state index contributed by atoms with van der Waals surface area (Å²) >= 11 is 1.99. The second-order valence-electron chi connectivity index (χ2n) is 7.01. The number of pyridine rings is 1. The highest BCUT2D eigenvalue weighted by atomic mass is 32.2. The van der Waals surface area contributed by atoms with Crippen LogP contribution in [0.5, 0.6) is 0 Å². The van der Waals surface area contributed by atoms with Crippen LogP contribution < -0.4 is 0 Å². The minimum atomic E-state index is 0.271. The van der Waals surface area contributed by atoms with Gasteiger partial charge in [-0.05, 0) is 30.4 Å². The highest BCUT2D eigenvalue weighted by Gasteiger charge is 2.53. The molecule has 1 aliphatic carbocycles. The first-order chi connectivity index (χ1) is 10.7. The van der Waals surface area contributed by atoms with Crippen LogP contribution in [-0.2, 0) is 16.1 Å². The Morgan fingerprint density at radius 3 is 3.05 bits per heavy atom. The van der Waals surface area contributed by atoms with Gasteiger partial charge in [-0.1, -0.05) is 13.0 Å². The number of hydrogen-bond donors (Lipinski definition) is 0. The Kier molecular flexibility index (Phi) is 3.65. The molecule has 22 heavy (non-hydrogen) atoms. The van der Waals surface area contributed by atoms with E-state index in [9.17, 15) is 4.79 Å². The number of aromatic nitrogens is 1. The van der Waals surface area contributed by atoms with E-state index >= 15 is 0 Å². The number of carbonyl (C=O) groups is 1. The van der Waals surface area contributed by atoms with Gasteiger partial charge in [-0.15, -0.1) is 11.8 Å². The van der Waals surface area contributed by atoms with Crippen molar-refractivity contribution >= 4 is 17.7 Å². The molecule has 1 aromatic rings. The van der Waals surface area contributed by atoms with Crippen LogP contribution in [0.2, 0.25) is 0 Å². The molecule has 3 unspecified atom stereocenters. The van der Waals surface area contributed by atoms with Gasteiger partial charge in [0.2, 0.25) is 5.91 Å². The summed E-state index contributed by atoms with van der Waals surface area (Å²) in [4.78, 5) is 18.4. The number of nitrogens with zero attached hydrogens (tertiary/aromatic N) is 2. The predicted octanol–water partition coefficient (Wildman–Crippen LogP) is 2.34. The molecule has 0 N–H and O–H groups in total. The normalized spacial score (nSPS) is 32.0. The summed E-state index contributed by atoms with van der Waals surface area (Å²) in [6.45, 7) is 4.65. The van der Waals surface area contributed by atoms with Gasteiger partial charge in [-0.3, -0.25) is 9.78 Å². The second kappa shape index (κ2) is 5.53. The van der Waals surface area contributed by atoms with Gasteiger partial charge in [0.1, 0.15) is 0 Å². The highest BCUT2D eigenvalue weighted by molar-refractivity contribution is 8.01. The minimum absolute atomic E-state index is 0.271. The lowest BCUT2D eigenvalue weighted by atomic mass is 9.92. The van der Waals surface area contributed by atoms with E-state index in [-0.39, 0.29) is 4.75 Å². The third-order valence-corrected chi connectivity index (χ3v) is 6.66. The molecule has 1 spiro atoms. The quantitative estimate of drug-likeness (QED) is 0.854. The van der Waals surface area contributed by atoms with Crippen LogP contribution in [0.1, 0.15) is 25.3 Å². The molecular formula is C17H22N2O2S. The number of amides is 1. The Labute approximate surface area is 135 Å². The first-order valence-electron chi connectivity index (χ1n) is 8.08. The Morgan fingerprint density at radius 2 is 2.36 bits per heavy atom. The van der Waals surface area contributed by atoms with Crippen molar-refractivity contribution < 1.29 is 9.53 Å². The SMILES string of the molecule is CC1CC1C(=O)N1CC2(CC(OCc3cccnc3)CS2)C1. The molecule has 2 aliphatic heterocycles. The fourth-order valence-corrected chi connectivity index (χ4v) is 5.08. The molecule has 3 heterocycles. The Hall–Kier alpha value is -1.07. The maximum Gasteiger partial charge on any atom is 0.226 e. The van der Waals surface area contributed by atoms with Gasteiger partial charge in [0.25, 0.3) is 0 Å². The second-order valence-corrected chi connectivity index (χ2v) is 8.49. The van der Waals surface area contributed by atoms with Crippen molar-refractivity contribution in [1.29, 1.82) is 0 Å². The van der Waals surface area contributed by atoms with Crippen molar-refractivity contribution in [3.8, 4) is 0 Å². The summed E-state index contributed by atoms with van der Waals surface area (Å²) in [5.41, 5.74) is 1.13. The predicted molar refractivity (Wildman–Crippen MR) is 86.5 cm³/mol. The van der Waals surface area contributed by atoms with Crippen LogP contribution in [0.4, 0.5) is 0 Å². The number of hydrogen-bond acceptors (Lipinski definition) is 4. The molecule has 5 heteroatoms. The van der Waals surface area contributed by atoms with E-state index in [1.54, 1.807) is 6.20 Å². The van der Waals surface area contributed by atoms with Crippen molar-refractivity contribution in [2.24, 2.45) is 11.8 Å². The smallest absolute Gasteiger partial charge is 0.226 e. The standard InChI is InChI=1S/C17H22N2O2S/c1-12-5-15(12)16(20)19-10-17(11-19)6-14(9-22-17)21-8-13-3-2-4-18-7-13/h2-4,7,12,14-15H,5-6,8-11H2,1H3. The van der Waals surface area contributed by atoms with Crippen molar-refractivity contribution in [2.75, 3.05) is 18.8 Å². The van der Waals surface area contributed by atoms with Crippen molar-refractivity contribution in [3.63, 3.8) is 0 Å². The Balaban J connectivity index is 1.24. The molecular weight excluding hydrogens is 296 g/mol. The van der Waals surface area contributed by atoms with Crippen molar-refractivity contribution in [1.82, 2.24) is 9.88 Å². The zero-order valence-corrected chi connectivity index (χ0v) is 13.7. The largest absolute Gasteiger partial charge is 0.373 e. The lowest BCUT2D eigenvalue weighted by molar-refractivity contribution is -0.138. The van der Waals surface area contributed by atoms with Gasteiger partial charge in [0.15, 0.2) is 0 Å². The maximum atomic E-state index is 12.2. The van der Waals surface area contributed by atoms with E-state index in [1.165, 1.54) is 0 Å². The molecule has 3 aliphatic rings. The van der Waals surface area contributed by atoms with Gasteiger partial charge < -0.3 is 9.64 Å². The maximum absolute atomic E-state index is 12.2. The molecule has 0 bridgehead atoms. The highest BCUT2D eigenvalue weighted by Crippen LogP contribution is 2.48. The molecule has 118 valence electrons. The summed E-state index contributed by atoms with van der Waals surface area (Å²) in [6.07, 6.45) is 6.11. The van der Waals surface area contributed by atoms with E-state index in [1.807, 2.05) is 30.1 Å². The van der Waals surface area contributed by atoms with Crippen molar-refractivity contribution in [3.05, 3.63) is 30.1 Å². The van der Waals surface area contributed by atoms with E-state index < -0.39 is 0 Å². The first kappa shape index (κ1) is 14.5. The van der Waals surface area contributed by atoms with Gasteiger partial charge in [0, 0.05) is 37.2 Å². The topological polar surface area (TPSA) is 42.4 Å². The van der Waals surface area contributed by atoms with Crippen molar-refractivity contribution in [2.45, 2.75) is 37.2 Å². The van der Waals surface area contributed by atoms with Gasteiger partial charge in [-0.2, -0.15) is 0 Å². The molecule has 0 aromatic carbocycles. The monoisotopic (exact) mass is 318 g/mol. The molecule has 0 radical (unpaired) electrons. The fraction of sp³-hybridized carbons (Fsp3) is 0.647. The number of ether oxygens (including phenoxy) is 1. The summed E-state index contributed by atoms with van der Waals surface area (Å²) < 4.78 is 6.30. The zero-order valence-electron chi connectivity index (χ0n) is 12.9. The minimum Gasteiger partial charge on any atom is -0.373 e.